The Morgan fingerprint density at radius 2 is 1.60 bits per heavy atom. The van der Waals surface area contributed by atoms with Crippen molar-refractivity contribution in [1.29, 1.82) is 0 Å². The van der Waals surface area contributed by atoms with Crippen LogP contribution >= 0.6 is 0 Å². The van der Waals surface area contributed by atoms with E-state index in [1.54, 1.807) is 18.3 Å². The van der Waals surface area contributed by atoms with Gasteiger partial charge >= 0.3 is 0 Å². The van der Waals surface area contributed by atoms with E-state index in [1.165, 1.54) is 5.56 Å². The van der Waals surface area contributed by atoms with Crippen molar-refractivity contribution in [3.8, 4) is 0 Å². The van der Waals surface area contributed by atoms with Gasteiger partial charge in [-0.15, -0.1) is 0 Å². The largest absolute Gasteiger partial charge is 0.370 e. The maximum absolute atomic E-state index is 12.1. The highest BCUT2D eigenvalue weighted by atomic mass is 16.1. The van der Waals surface area contributed by atoms with Gasteiger partial charge in [0.25, 0.3) is 5.91 Å². The molecule has 0 aliphatic carbocycles. The first-order valence-electron chi connectivity index (χ1n) is 8.41. The van der Waals surface area contributed by atoms with Gasteiger partial charge in [0.2, 0.25) is 0 Å². The first kappa shape index (κ1) is 16.7. The standard InChI is InChI=1S/C21H21N3O/c25-21(18-11-5-2-6-12-18)24-19-13-14-20(23-16-19)22-15-7-10-17-8-3-1-4-9-17/h1-6,8-9,11-14,16H,7,10,15H2,(H,22,23)(H,24,25). The molecule has 0 fully saturated rings. The lowest BCUT2D eigenvalue weighted by Gasteiger charge is -2.08. The van der Waals surface area contributed by atoms with Gasteiger partial charge in [0, 0.05) is 12.1 Å². The van der Waals surface area contributed by atoms with Crippen molar-refractivity contribution in [2.24, 2.45) is 0 Å². The maximum Gasteiger partial charge on any atom is 0.255 e. The lowest BCUT2D eigenvalue weighted by molar-refractivity contribution is 0.102. The molecule has 3 rings (SSSR count). The number of hydrogen-bond acceptors (Lipinski definition) is 3. The number of anilines is 2. The molecule has 0 spiro atoms. The van der Waals surface area contributed by atoms with Crippen LogP contribution in [0.1, 0.15) is 22.3 Å². The van der Waals surface area contributed by atoms with Gasteiger partial charge < -0.3 is 10.6 Å². The minimum absolute atomic E-state index is 0.133. The number of carbonyl (C=O) groups is 1. The minimum atomic E-state index is -0.133. The van der Waals surface area contributed by atoms with E-state index in [9.17, 15) is 4.79 Å². The van der Waals surface area contributed by atoms with Crippen molar-refractivity contribution in [2.45, 2.75) is 12.8 Å². The van der Waals surface area contributed by atoms with E-state index in [1.807, 2.05) is 36.4 Å². The normalized spacial score (nSPS) is 10.2. The zero-order valence-electron chi connectivity index (χ0n) is 14.0. The Morgan fingerprint density at radius 1 is 0.880 bits per heavy atom. The van der Waals surface area contributed by atoms with Crippen LogP contribution in [0.25, 0.3) is 0 Å². The topological polar surface area (TPSA) is 54.0 Å². The van der Waals surface area contributed by atoms with Crippen LogP contribution in [0, 0.1) is 0 Å². The van der Waals surface area contributed by atoms with E-state index in [0.29, 0.717) is 11.3 Å². The van der Waals surface area contributed by atoms with Gasteiger partial charge in [-0.25, -0.2) is 4.98 Å². The summed E-state index contributed by atoms with van der Waals surface area (Å²) in [5, 5.41) is 6.15. The molecule has 3 aromatic rings. The highest BCUT2D eigenvalue weighted by Gasteiger charge is 2.05. The molecule has 4 heteroatoms. The van der Waals surface area contributed by atoms with Crippen molar-refractivity contribution in [1.82, 2.24) is 4.98 Å². The van der Waals surface area contributed by atoms with Crippen LogP contribution in [-0.4, -0.2) is 17.4 Å². The highest BCUT2D eigenvalue weighted by molar-refractivity contribution is 6.04. The summed E-state index contributed by atoms with van der Waals surface area (Å²) in [6.45, 7) is 0.859. The molecule has 4 nitrogen and oxygen atoms in total. The molecule has 1 aromatic heterocycles. The first-order chi connectivity index (χ1) is 12.3. The quantitative estimate of drug-likeness (QED) is 0.632. The van der Waals surface area contributed by atoms with Crippen LogP contribution in [0.3, 0.4) is 0 Å². The summed E-state index contributed by atoms with van der Waals surface area (Å²) >= 11 is 0. The van der Waals surface area contributed by atoms with Crippen LogP contribution in [0.2, 0.25) is 0 Å². The number of nitrogens with one attached hydrogen (secondary N) is 2. The second-order valence-corrected chi connectivity index (χ2v) is 5.77. The number of benzene rings is 2. The predicted molar refractivity (Wildman–Crippen MR) is 102 cm³/mol. The van der Waals surface area contributed by atoms with Gasteiger partial charge in [-0.1, -0.05) is 48.5 Å². The van der Waals surface area contributed by atoms with Gasteiger partial charge in [-0.05, 0) is 42.7 Å². The van der Waals surface area contributed by atoms with Crippen LogP contribution < -0.4 is 10.6 Å². The average molecular weight is 331 g/mol. The third-order valence-electron chi connectivity index (χ3n) is 3.85. The number of aryl methyl sites for hydroxylation is 1. The molecule has 0 aliphatic rings. The van der Waals surface area contributed by atoms with E-state index in [0.717, 1.165) is 25.2 Å². The molecule has 2 N–H and O–H groups in total. The van der Waals surface area contributed by atoms with Crippen molar-refractivity contribution >= 4 is 17.4 Å². The molecular formula is C21H21N3O. The lowest BCUT2D eigenvalue weighted by atomic mass is 10.1. The summed E-state index contributed by atoms with van der Waals surface area (Å²) in [6, 6.07) is 23.3. The van der Waals surface area contributed by atoms with Crippen molar-refractivity contribution in [3.05, 3.63) is 90.1 Å². The molecule has 1 amide bonds. The van der Waals surface area contributed by atoms with Crippen molar-refractivity contribution in [2.75, 3.05) is 17.2 Å². The fourth-order valence-electron chi connectivity index (χ4n) is 2.52. The molecule has 0 saturated carbocycles. The van der Waals surface area contributed by atoms with Crippen LogP contribution in [0.4, 0.5) is 11.5 Å². The first-order valence-corrected chi connectivity index (χ1v) is 8.41. The van der Waals surface area contributed by atoms with Crippen LogP contribution in [-0.2, 0) is 6.42 Å². The summed E-state index contributed by atoms with van der Waals surface area (Å²) < 4.78 is 0. The molecule has 0 bridgehead atoms. The van der Waals surface area contributed by atoms with E-state index >= 15 is 0 Å². The molecule has 0 saturated heterocycles. The van der Waals surface area contributed by atoms with Gasteiger partial charge in [-0.2, -0.15) is 0 Å². The Kier molecular flexibility index (Phi) is 5.77. The zero-order chi connectivity index (χ0) is 17.3. The van der Waals surface area contributed by atoms with Gasteiger partial charge in [-0.3, -0.25) is 4.79 Å². The van der Waals surface area contributed by atoms with Crippen molar-refractivity contribution in [3.63, 3.8) is 0 Å². The van der Waals surface area contributed by atoms with E-state index in [2.05, 4.69) is 39.9 Å². The van der Waals surface area contributed by atoms with Gasteiger partial charge in [0.05, 0.1) is 11.9 Å². The van der Waals surface area contributed by atoms with Gasteiger partial charge in [0.1, 0.15) is 5.82 Å². The van der Waals surface area contributed by atoms with E-state index < -0.39 is 0 Å². The SMILES string of the molecule is O=C(Nc1ccc(NCCCc2ccccc2)nc1)c1ccccc1. The summed E-state index contributed by atoms with van der Waals surface area (Å²) in [4.78, 5) is 16.4. The zero-order valence-corrected chi connectivity index (χ0v) is 14.0. The van der Waals surface area contributed by atoms with E-state index in [4.69, 9.17) is 0 Å². The molecular weight excluding hydrogens is 310 g/mol. The molecule has 0 radical (unpaired) electrons. The third kappa shape index (κ3) is 5.18. The average Bonchev–Trinajstić information content (AvgIpc) is 2.68. The third-order valence-corrected chi connectivity index (χ3v) is 3.85. The van der Waals surface area contributed by atoms with Crippen LogP contribution in [0.15, 0.2) is 79.0 Å². The lowest BCUT2D eigenvalue weighted by Crippen LogP contribution is -2.12. The molecule has 0 unspecified atom stereocenters. The number of pyridine rings is 1. The van der Waals surface area contributed by atoms with Crippen molar-refractivity contribution < 1.29 is 4.79 Å². The Balaban J connectivity index is 1.45. The molecule has 25 heavy (non-hydrogen) atoms. The predicted octanol–water partition coefficient (Wildman–Crippen LogP) is 4.38. The number of nitrogens with zero attached hydrogens (tertiary/aromatic N) is 1. The molecule has 0 aliphatic heterocycles. The van der Waals surface area contributed by atoms with Crippen LogP contribution in [0.5, 0.6) is 0 Å². The second-order valence-electron chi connectivity index (χ2n) is 5.77. The van der Waals surface area contributed by atoms with E-state index in [-0.39, 0.29) is 5.91 Å². The molecule has 1 heterocycles. The number of amides is 1. The Labute approximate surface area is 147 Å². The summed E-state index contributed by atoms with van der Waals surface area (Å²) in [5.74, 6) is 0.678. The molecule has 126 valence electrons. The maximum atomic E-state index is 12.1. The number of aromatic nitrogens is 1. The Bertz CT molecular complexity index is 786. The minimum Gasteiger partial charge on any atom is -0.370 e. The highest BCUT2D eigenvalue weighted by Crippen LogP contribution is 2.12. The Hall–Kier alpha value is -3.14. The summed E-state index contributed by atoms with van der Waals surface area (Å²) in [6.07, 6.45) is 3.75. The van der Waals surface area contributed by atoms with Gasteiger partial charge in [0.15, 0.2) is 0 Å². The second kappa shape index (κ2) is 8.64. The smallest absolute Gasteiger partial charge is 0.255 e. The fourth-order valence-corrected chi connectivity index (χ4v) is 2.52. The monoisotopic (exact) mass is 331 g/mol. The Morgan fingerprint density at radius 3 is 2.28 bits per heavy atom. The summed E-state index contributed by atoms with van der Waals surface area (Å²) in [5.41, 5.74) is 2.66. The fraction of sp³-hybridized carbons (Fsp3) is 0.143. The number of rotatable bonds is 7. The molecule has 2 aromatic carbocycles. The summed E-state index contributed by atoms with van der Waals surface area (Å²) in [7, 11) is 0. The number of hydrogen-bond donors (Lipinski definition) is 2. The molecule has 0 atom stereocenters. The number of carbonyl (C=O) groups excluding carboxylic acids is 1.